The van der Waals surface area contributed by atoms with Crippen LogP contribution in [0.5, 0.6) is 0 Å². The highest BCUT2D eigenvalue weighted by atomic mass is 16.2. The molecule has 0 aliphatic carbocycles. The van der Waals surface area contributed by atoms with E-state index in [0.29, 0.717) is 17.2 Å². The van der Waals surface area contributed by atoms with Gasteiger partial charge in [0, 0.05) is 37.4 Å². The number of Topliss-reactive ketones (excluding diaryl/α,β-unsaturated/α-hetero) is 1. The molecule has 0 saturated carbocycles. The molecular formula is C18H23N5O3. The number of ketones is 1. The number of carbonyl (C=O) groups excluding carboxylic acids is 3. The van der Waals surface area contributed by atoms with Crippen LogP contribution in [-0.4, -0.2) is 72.6 Å². The number of piperazine rings is 1. The Hall–Kier alpha value is -2.74. The second kappa shape index (κ2) is 7.65. The summed E-state index contributed by atoms with van der Waals surface area (Å²) in [6.45, 7) is 4.78. The number of rotatable bonds is 3. The van der Waals surface area contributed by atoms with Crippen molar-refractivity contribution in [3.8, 4) is 0 Å². The summed E-state index contributed by atoms with van der Waals surface area (Å²) in [6, 6.07) is 5.89. The Labute approximate surface area is 152 Å². The van der Waals surface area contributed by atoms with Crippen molar-refractivity contribution in [3.63, 3.8) is 0 Å². The summed E-state index contributed by atoms with van der Waals surface area (Å²) in [6.07, 6.45) is 0.0224. The van der Waals surface area contributed by atoms with Gasteiger partial charge in [0.1, 0.15) is 6.04 Å². The van der Waals surface area contributed by atoms with Crippen LogP contribution in [0.3, 0.4) is 0 Å². The minimum Gasteiger partial charge on any atom is -0.340 e. The summed E-state index contributed by atoms with van der Waals surface area (Å²) >= 11 is 0. The molecule has 1 fully saturated rings. The Morgan fingerprint density at radius 3 is 2.42 bits per heavy atom. The van der Waals surface area contributed by atoms with Crippen LogP contribution in [-0.2, 0) is 9.59 Å². The van der Waals surface area contributed by atoms with Gasteiger partial charge >= 0.3 is 0 Å². The molecule has 138 valence electrons. The molecule has 1 aromatic carbocycles. The fraction of sp³-hybridized carbons (Fsp3) is 0.444. The van der Waals surface area contributed by atoms with E-state index < -0.39 is 6.04 Å². The quantitative estimate of drug-likeness (QED) is 0.760. The maximum absolute atomic E-state index is 12.5. The molecule has 0 bridgehead atoms. The monoisotopic (exact) mass is 357 g/mol. The fourth-order valence-corrected chi connectivity index (χ4v) is 2.92. The number of nitrogens with zero attached hydrogens (tertiary/aromatic N) is 3. The average molecular weight is 357 g/mol. The second-order valence-corrected chi connectivity index (χ2v) is 6.63. The van der Waals surface area contributed by atoms with Gasteiger partial charge in [0.05, 0.1) is 6.42 Å². The van der Waals surface area contributed by atoms with Gasteiger partial charge in [-0.3, -0.25) is 19.7 Å². The minimum absolute atomic E-state index is 0.0224. The zero-order chi connectivity index (χ0) is 18.7. The van der Waals surface area contributed by atoms with Crippen LogP contribution in [0, 0.1) is 0 Å². The molecule has 1 aromatic rings. The van der Waals surface area contributed by atoms with Crippen molar-refractivity contribution >= 4 is 29.2 Å². The van der Waals surface area contributed by atoms with Crippen LogP contribution in [0.1, 0.15) is 23.7 Å². The highest BCUT2D eigenvalue weighted by molar-refractivity contribution is 6.06. The molecule has 0 aromatic heterocycles. The summed E-state index contributed by atoms with van der Waals surface area (Å²) in [7, 11) is 2.05. The van der Waals surface area contributed by atoms with Crippen molar-refractivity contribution in [1.29, 1.82) is 0 Å². The second-order valence-electron chi connectivity index (χ2n) is 6.63. The lowest BCUT2D eigenvalue weighted by atomic mass is 10.1. The van der Waals surface area contributed by atoms with Crippen LogP contribution >= 0.6 is 0 Å². The standard InChI is InChI=1S/C18H23N5O3/c1-12(24)13-3-5-14(6-4-13)19-17(26)15-11-16(25)21-18(20-15)23-9-7-22(2)8-10-23/h3-6,15H,7-11H2,1-2H3,(H,19,26)(H,20,21,25)/t15-/m0/s1. The third-order valence-corrected chi connectivity index (χ3v) is 4.57. The highest BCUT2D eigenvalue weighted by Crippen LogP contribution is 2.14. The zero-order valence-corrected chi connectivity index (χ0v) is 15.0. The molecule has 0 radical (unpaired) electrons. The number of amides is 2. The number of hydrogen-bond acceptors (Lipinski definition) is 6. The smallest absolute Gasteiger partial charge is 0.249 e. The minimum atomic E-state index is -0.758. The molecule has 0 spiro atoms. The van der Waals surface area contributed by atoms with Crippen molar-refractivity contribution < 1.29 is 14.4 Å². The predicted molar refractivity (Wildman–Crippen MR) is 98.1 cm³/mol. The van der Waals surface area contributed by atoms with Crippen molar-refractivity contribution in [3.05, 3.63) is 29.8 Å². The van der Waals surface area contributed by atoms with Gasteiger partial charge in [-0.1, -0.05) is 0 Å². The molecule has 2 amide bonds. The van der Waals surface area contributed by atoms with Crippen molar-refractivity contribution in [2.75, 3.05) is 38.5 Å². The number of benzene rings is 1. The first-order chi connectivity index (χ1) is 12.4. The van der Waals surface area contributed by atoms with Crippen LogP contribution in [0.4, 0.5) is 5.69 Å². The Morgan fingerprint density at radius 2 is 1.81 bits per heavy atom. The lowest BCUT2D eigenvalue weighted by Gasteiger charge is -2.36. The Bertz CT molecular complexity index is 736. The summed E-state index contributed by atoms with van der Waals surface area (Å²) in [5.74, 6) is -0.0993. The topological polar surface area (TPSA) is 94.1 Å². The number of nitrogens with one attached hydrogen (secondary N) is 2. The molecule has 8 heteroatoms. The summed E-state index contributed by atoms with van der Waals surface area (Å²) < 4.78 is 0. The molecule has 2 heterocycles. The first-order valence-electron chi connectivity index (χ1n) is 8.65. The number of likely N-dealkylation sites (N-methyl/N-ethyl adjacent to an activating group) is 1. The number of aliphatic imine (C=N–C) groups is 1. The summed E-state index contributed by atoms with van der Waals surface area (Å²) in [5, 5.41) is 5.54. The Kier molecular flexibility index (Phi) is 5.32. The van der Waals surface area contributed by atoms with Crippen LogP contribution in [0.15, 0.2) is 29.3 Å². The molecule has 8 nitrogen and oxygen atoms in total. The first-order valence-corrected chi connectivity index (χ1v) is 8.65. The van der Waals surface area contributed by atoms with E-state index >= 15 is 0 Å². The van der Waals surface area contributed by atoms with Gasteiger partial charge in [-0.2, -0.15) is 0 Å². The average Bonchev–Trinajstić information content (AvgIpc) is 2.62. The van der Waals surface area contributed by atoms with Crippen LogP contribution in [0.2, 0.25) is 0 Å². The van der Waals surface area contributed by atoms with Crippen molar-refractivity contribution in [2.24, 2.45) is 4.99 Å². The van der Waals surface area contributed by atoms with Crippen molar-refractivity contribution in [2.45, 2.75) is 19.4 Å². The third-order valence-electron chi connectivity index (χ3n) is 4.57. The molecular weight excluding hydrogens is 334 g/mol. The lowest BCUT2D eigenvalue weighted by molar-refractivity contribution is -0.125. The van der Waals surface area contributed by atoms with Crippen LogP contribution in [0.25, 0.3) is 0 Å². The third kappa shape index (κ3) is 4.26. The van der Waals surface area contributed by atoms with Gasteiger partial charge in [0.25, 0.3) is 0 Å². The van der Waals surface area contributed by atoms with Gasteiger partial charge in [0.15, 0.2) is 5.78 Å². The van der Waals surface area contributed by atoms with Crippen LogP contribution < -0.4 is 10.6 Å². The number of anilines is 1. The Balaban J connectivity index is 1.68. The molecule has 1 atom stereocenters. The molecule has 0 unspecified atom stereocenters. The summed E-state index contributed by atoms with van der Waals surface area (Å²) in [5.41, 5.74) is 1.15. The van der Waals surface area contributed by atoms with E-state index in [1.54, 1.807) is 24.3 Å². The van der Waals surface area contributed by atoms with E-state index in [1.165, 1.54) is 6.92 Å². The van der Waals surface area contributed by atoms with Gasteiger partial charge in [-0.15, -0.1) is 0 Å². The number of guanidine groups is 1. The molecule has 2 aliphatic rings. The molecule has 2 aliphatic heterocycles. The number of carbonyl (C=O) groups is 3. The zero-order valence-electron chi connectivity index (χ0n) is 15.0. The van der Waals surface area contributed by atoms with E-state index in [1.807, 2.05) is 11.9 Å². The predicted octanol–water partition coefficient (Wildman–Crippen LogP) is 0.320. The Morgan fingerprint density at radius 1 is 1.15 bits per heavy atom. The highest BCUT2D eigenvalue weighted by Gasteiger charge is 2.30. The van der Waals surface area contributed by atoms with Gasteiger partial charge < -0.3 is 15.1 Å². The molecule has 1 saturated heterocycles. The maximum atomic E-state index is 12.5. The SMILES string of the molecule is CC(=O)c1ccc(NC(=O)[C@@H]2CC(=O)NC(N3CCN(C)CC3)=N2)cc1. The number of hydrogen-bond donors (Lipinski definition) is 2. The largest absolute Gasteiger partial charge is 0.340 e. The first kappa shape index (κ1) is 18.1. The fourth-order valence-electron chi connectivity index (χ4n) is 2.92. The van der Waals surface area contributed by atoms with E-state index in [0.717, 1.165) is 26.2 Å². The molecule has 3 rings (SSSR count). The van der Waals surface area contributed by atoms with Gasteiger partial charge in [-0.25, -0.2) is 4.99 Å². The maximum Gasteiger partial charge on any atom is 0.249 e. The van der Waals surface area contributed by atoms with E-state index in [4.69, 9.17) is 0 Å². The molecule has 2 N–H and O–H groups in total. The van der Waals surface area contributed by atoms with Crippen molar-refractivity contribution in [1.82, 2.24) is 15.1 Å². The van der Waals surface area contributed by atoms with E-state index in [2.05, 4.69) is 20.5 Å². The normalized spacial score (nSPS) is 21.0. The van der Waals surface area contributed by atoms with Gasteiger partial charge in [0.2, 0.25) is 17.8 Å². The van der Waals surface area contributed by atoms with E-state index in [-0.39, 0.29) is 24.0 Å². The summed E-state index contributed by atoms with van der Waals surface area (Å²) in [4.78, 5) is 44.5. The lowest BCUT2D eigenvalue weighted by Crippen LogP contribution is -2.55. The van der Waals surface area contributed by atoms with Gasteiger partial charge in [-0.05, 0) is 38.2 Å². The molecule has 26 heavy (non-hydrogen) atoms. The van der Waals surface area contributed by atoms with E-state index in [9.17, 15) is 14.4 Å².